The zero-order chi connectivity index (χ0) is 11.5. The monoisotopic (exact) mass is 217 g/mol. The van der Waals surface area contributed by atoms with Crippen molar-refractivity contribution in [2.24, 2.45) is 5.73 Å². The molecule has 1 heterocycles. The highest BCUT2D eigenvalue weighted by Crippen LogP contribution is 2.28. The second kappa shape index (κ2) is 4.16. The summed E-state index contributed by atoms with van der Waals surface area (Å²) in [6.45, 7) is 0.333. The summed E-state index contributed by atoms with van der Waals surface area (Å²) in [4.78, 5) is 8.27. The molecule has 0 radical (unpaired) electrons. The molecule has 1 aromatic heterocycles. The molecule has 0 unspecified atom stereocenters. The van der Waals surface area contributed by atoms with Gasteiger partial charge in [0.1, 0.15) is 0 Å². The van der Waals surface area contributed by atoms with E-state index in [1.54, 1.807) is 18.3 Å². The van der Waals surface area contributed by atoms with E-state index in [1.807, 2.05) is 0 Å². The van der Waals surface area contributed by atoms with E-state index in [1.165, 1.54) is 12.1 Å². The van der Waals surface area contributed by atoms with Crippen LogP contribution in [0.2, 0.25) is 0 Å². The Morgan fingerprint density at radius 2 is 1.94 bits per heavy atom. The summed E-state index contributed by atoms with van der Waals surface area (Å²) in [6, 6.07) is 6.16. The Hall–Kier alpha value is -2.14. The minimum absolute atomic E-state index is 0.168. The lowest BCUT2D eigenvalue weighted by molar-refractivity contribution is 0.404. The smallest absolute Gasteiger partial charge is 0.159 e. The van der Waals surface area contributed by atoms with Gasteiger partial charge in [-0.2, -0.15) is 0 Å². The SMILES string of the molecule is NCc1ccnc(-c2ccc(O)c(O)c2)n1. The van der Waals surface area contributed by atoms with Gasteiger partial charge in [-0.1, -0.05) is 0 Å². The minimum atomic E-state index is -0.195. The molecule has 2 rings (SSSR count). The first kappa shape index (κ1) is 10.4. The highest BCUT2D eigenvalue weighted by atomic mass is 16.3. The summed E-state index contributed by atoms with van der Waals surface area (Å²) >= 11 is 0. The number of phenols is 2. The number of aromatic nitrogens is 2. The maximum atomic E-state index is 9.36. The molecule has 0 saturated heterocycles. The van der Waals surface area contributed by atoms with Gasteiger partial charge >= 0.3 is 0 Å². The topological polar surface area (TPSA) is 92.3 Å². The van der Waals surface area contributed by atoms with Crippen LogP contribution in [0, 0.1) is 0 Å². The number of benzene rings is 1. The molecule has 0 aliphatic rings. The number of phenolic OH excluding ortho intramolecular Hbond substituents is 2. The Morgan fingerprint density at radius 1 is 1.12 bits per heavy atom. The van der Waals surface area contributed by atoms with Crippen LogP contribution in [0.3, 0.4) is 0 Å². The molecule has 0 spiro atoms. The van der Waals surface area contributed by atoms with E-state index in [0.717, 1.165) is 5.69 Å². The van der Waals surface area contributed by atoms with Crippen LogP contribution in [-0.4, -0.2) is 20.2 Å². The lowest BCUT2D eigenvalue weighted by atomic mass is 10.2. The predicted octanol–water partition coefficient (Wildman–Crippen LogP) is 1.01. The molecule has 2 aromatic rings. The normalized spacial score (nSPS) is 10.3. The largest absolute Gasteiger partial charge is 0.504 e. The molecule has 5 heteroatoms. The molecular weight excluding hydrogens is 206 g/mol. The van der Waals surface area contributed by atoms with Gasteiger partial charge in [0.15, 0.2) is 17.3 Å². The molecule has 0 aliphatic heterocycles. The van der Waals surface area contributed by atoms with Gasteiger partial charge in [0.2, 0.25) is 0 Å². The fourth-order valence-corrected chi connectivity index (χ4v) is 1.31. The van der Waals surface area contributed by atoms with Crippen molar-refractivity contribution in [3.63, 3.8) is 0 Å². The summed E-state index contributed by atoms with van der Waals surface area (Å²) in [5.74, 6) is 0.108. The van der Waals surface area contributed by atoms with Crippen molar-refractivity contribution in [2.75, 3.05) is 0 Å². The van der Waals surface area contributed by atoms with Gasteiger partial charge < -0.3 is 15.9 Å². The van der Waals surface area contributed by atoms with Crippen LogP contribution in [0.4, 0.5) is 0 Å². The predicted molar refractivity (Wildman–Crippen MR) is 58.7 cm³/mol. The molecule has 0 bridgehead atoms. The average molecular weight is 217 g/mol. The third-order valence-electron chi connectivity index (χ3n) is 2.16. The number of hydrogen-bond acceptors (Lipinski definition) is 5. The quantitative estimate of drug-likeness (QED) is 0.653. The van der Waals surface area contributed by atoms with Crippen LogP contribution in [0.25, 0.3) is 11.4 Å². The number of hydrogen-bond donors (Lipinski definition) is 3. The van der Waals surface area contributed by atoms with Crippen molar-refractivity contribution in [2.45, 2.75) is 6.54 Å². The molecule has 0 atom stereocenters. The van der Waals surface area contributed by atoms with Crippen molar-refractivity contribution >= 4 is 0 Å². The van der Waals surface area contributed by atoms with Crippen LogP contribution in [-0.2, 0) is 6.54 Å². The summed E-state index contributed by atoms with van der Waals surface area (Å²) in [5, 5.41) is 18.5. The Bertz CT molecular complexity index is 514. The lowest BCUT2D eigenvalue weighted by Crippen LogP contribution is -2.01. The van der Waals surface area contributed by atoms with Crippen molar-refractivity contribution in [3.05, 3.63) is 36.2 Å². The highest BCUT2D eigenvalue weighted by molar-refractivity contribution is 5.60. The van der Waals surface area contributed by atoms with Gasteiger partial charge in [0.25, 0.3) is 0 Å². The summed E-state index contributed by atoms with van der Waals surface area (Å²) in [6.07, 6.45) is 1.61. The first-order chi connectivity index (χ1) is 7.70. The van der Waals surface area contributed by atoms with Gasteiger partial charge in [-0.15, -0.1) is 0 Å². The van der Waals surface area contributed by atoms with Gasteiger partial charge in [0, 0.05) is 18.3 Å². The van der Waals surface area contributed by atoms with E-state index in [0.29, 0.717) is 17.9 Å². The van der Waals surface area contributed by atoms with Crippen LogP contribution in [0.5, 0.6) is 11.5 Å². The molecule has 82 valence electrons. The van der Waals surface area contributed by atoms with Crippen LogP contribution < -0.4 is 5.73 Å². The fourth-order valence-electron chi connectivity index (χ4n) is 1.31. The van der Waals surface area contributed by atoms with E-state index >= 15 is 0 Å². The standard InChI is InChI=1S/C11H11N3O2/c12-6-8-3-4-13-11(14-8)7-1-2-9(15)10(16)5-7/h1-5,15-16H,6,12H2. The number of nitrogens with two attached hydrogens (primary N) is 1. The molecule has 1 aromatic carbocycles. The average Bonchev–Trinajstić information content (AvgIpc) is 2.33. The van der Waals surface area contributed by atoms with Crippen molar-refractivity contribution in [1.29, 1.82) is 0 Å². The van der Waals surface area contributed by atoms with E-state index < -0.39 is 0 Å². The van der Waals surface area contributed by atoms with Crippen LogP contribution in [0.1, 0.15) is 5.69 Å². The summed E-state index contributed by atoms with van der Waals surface area (Å²) < 4.78 is 0. The van der Waals surface area contributed by atoms with Crippen molar-refractivity contribution < 1.29 is 10.2 Å². The zero-order valence-corrected chi connectivity index (χ0v) is 8.46. The Morgan fingerprint density at radius 3 is 2.62 bits per heavy atom. The fraction of sp³-hybridized carbons (Fsp3) is 0.0909. The van der Waals surface area contributed by atoms with Gasteiger partial charge in [-0.05, 0) is 24.3 Å². The number of nitrogens with zero attached hydrogens (tertiary/aromatic N) is 2. The Balaban J connectivity index is 2.46. The van der Waals surface area contributed by atoms with Crippen molar-refractivity contribution in [1.82, 2.24) is 9.97 Å². The molecule has 4 N–H and O–H groups in total. The van der Waals surface area contributed by atoms with E-state index in [2.05, 4.69) is 9.97 Å². The lowest BCUT2D eigenvalue weighted by Gasteiger charge is -2.03. The molecule has 0 aliphatic carbocycles. The molecule has 5 nitrogen and oxygen atoms in total. The third-order valence-corrected chi connectivity index (χ3v) is 2.16. The number of aromatic hydroxyl groups is 2. The molecule has 16 heavy (non-hydrogen) atoms. The van der Waals surface area contributed by atoms with Crippen LogP contribution >= 0.6 is 0 Å². The first-order valence-electron chi connectivity index (χ1n) is 4.75. The highest BCUT2D eigenvalue weighted by Gasteiger charge is 2.05. The Kier molecular flexibility index (Phi) is 2.70. The molecule has 0 fully saturated rings. The van der Waals surface area contributed by atoms with Gasteiger partial charge in [-0.25, -0.2) is 9.97 Å². The van der Waals surface area contributed by atoms with Gasteiger partial charge in [0.05, 0.1) is 5.69 Å². The Labute approximate surface area is 92.2 Å². The molecule has 0 amide bonds. The zero-order valence-electron chi connectivity index (χ0n) is 8.46. The van der Waals surface area contributed by atoms with E-state index in [4.69, 9.17) is 5.73 Å². The summed E-state index contributed by atoms with van der Waals surface area (Å²) in [5.41, 5.74) is 6.82. The second-order valence-electron chi connectivity index (χ2n) is 3.28. The van der Waals surface area contributed by atoms with Crippen LogP contribution in [0.15, 0.2) is 30.5 Å². The van der Waals surface area contributed by atoms with E-state index in [-0.39, 0.29) is 11.5 Å². The molecular formula is C11H11N3O2. The third kappa shape index (κ3) is 1.94. The first-order valence-corrected chi connectivity index (χ1v) is 4.75. The summed E-state index contributed by atoms with van der Waals surface area (Å²) in [7, 11) is 0. The van der Waals surface area contributed by atoms with Crippen molar-refractivity contribution in [3.8, 4) is 22.9 Å². The minimum Gasteiger partial charge on any atom is -0.504 e. The maximum absolute atomic E-state index is 9.36. The van der Waals surface area contributed by atoms with E-state index in [9.17, 15) is 10.2 Å². The number of rotatable bonds is 2. The molecule has 0 saturated carbocycles. The second-order valence-corrected chi connectivity index (χ2v) is 3.28. The maximum Gasteiger partial charge on any atom is 0.159 e. The van der Waals surface area contributed by atoms with Gasteiger partial charge in [-0.3, -0.25) is 0 Å².